The first kappa shape index (κ1) is 15.2. The van der Waals surface area contributed by atoms with Crippen molar-refractivity contribution in [1.82, 2.24) is 10.3 Å². The van der Waals surface area contributed by atoms with Crippen molar-refractivity contribution >= 4 is 16.8 Å². The average Bonchev–Trinajstić information content (AvgIpc) is 2.98. The molecule has 4 nitrogen and oxygen atoms in total. The van der Waals surface area contributed by atoms with Gasteiger partial charge in [0.05, 0.1) is 11.7 Å². The fourth-order valence-electron chi connectivity index (χ4n) is 2.46. The molecule has 1 aromatic heterocycles. The number of aromatic amines is 1. The summed E-state index contributed by atoms with van der Waals surface area (Å²) in [5.41, 5.74) is 0.738. The van der Waals surface area contributed by atoms with Gasteiger partial charge in [0.15, 0.2) is 0 Å². The number of halogens is 2. The summed E-state index contributed by atoms with van der Waals surface area (Å²) in [5.74, 6) is -1.60. The third kappa shape index (κ3) is 2.93. The highest BCUT2D eigenvalue weighted by Crippen LogP contribution is 2.22. The van der Waals surface area contributed by atoms with Gasteiger partial charge in [0.25, 0.3) is 5.91 Å². The van der Waals surface area contributed by atoms with Crippen molar-refractivity contribution in [2.24, 2.45) is 0 Å². The average molecular weight is 316 g/mol. The van der Waals surface area contributed by atoms with Crippen LogP contribution in [0.2, 0.25) is 0 Å². The smallest absolute Gasteiger partial charge is 0.253 e. The summed E-state index contributed by atoms with van der Waals surface area (Å²) in [6.45, 7) is -0.180. The minimum absolute atomic E-state index is 0.0953. The molecule has 0 aliphatic carbocycles. The van der Waals surface area contributed by atoms with Crippen LogP contribution in [0.1, 0.15) is 22.0 Å². The number of rotatable bonds is 4. The van der Waals surface area contributed by atoms with Crippen LogP contribution in [0.25, 0.3) is 10.9 Å². The Morgan fingerprint density at radius 2 is 1.87 bits per heavy atom. The van der Waals surface area contributed by atoms with E-state index in [1.807, 2.05) is 0 Å². The van der Waals surface area contributed by atoms with Crippen LogP contribution in [0.3, 0.4) is 0 Å². The summed E-state index contributed by atoms with van der Waals surface area (Å²) < 4.78 is 27.4. The molecule has 3 rings (SSSR count). The number of hydrogen-bond acceptors (Lipinski definition) is 2. The minimum Gasteiger partial charge on any atom is -0.386 e. The second-order valence-electron chi connectivity index (χ2n) is 5.11. The quantitative estimate of drug-likeness (QED) is 0.693. The van der Waals surface area contributed by atoms with Crippen LogP contribution in [0.4, 0.5) is 8.78 Å². The summed E-state index contributed by atoms with van der Waals surface area (Å²) in [7, 11) is 0. The van der Waals surface area contributed by atoms with E-state index in [1.54, 1.807) is 12.1 Å². The minimum atomic E-state index is -1.18. The maximum Gasteiger partial charge on any atom is 0.253 e. The Balaban J connectivity index is 1.76. The first-order valence-corrected chi connectivity index (χ1v) is 7.04. The Kier molecular flexibility index (Phi) is 4.08. The van der Waals surface area contributed by atoms with Crippen LogP contribution in [0.15, 0.2) is 48.7 Å². The number of hydrogen-bond donors (Lipinski definition) is 3. The zero-order valence-electron chi connectivity index (χ0n) is 12.0. The molecule has 0 saturated carbocycles. The zero-order chi connectivity index (χ0) is 16.4. The summed E-state index contributed by atoms with van der Waals surface area (Å²) in [6, 6.07) is 10.2. The fourth-order valence-corrected chi connectivity index (χ4v) is 2.46. The molecule has 23 heavy (non-hydrogen) atoms. The predicted octanol–water partition coefficient (Wildman–Crippen LogP) is 2.91. The van der Waals surface area contributed by atoms with Crippen molar-refractivity contribution in [1.29, 1.82) is 0 Å². The lowest BCUT2D eigenvalue weighted by atomic mass is 10.1. The molecule has 0 bridgehead atoms. The van der Waals surface area contributed by atoms with Gasteiger partial charge in [-0.25, -0.2) is 8.78 Å². The molecule has 1 amide bonds. The number of benzene rings is 2. The maximum atomic E-state index is 13.9. The number of carbonyl (C=O) groups is 1. The number of fused-ring (bicyclic) bond motifs is 1. The Morgan fingerprint density at radius 3 is 2.65 bits per heavy atom. The van der Waals surface area contributed by atoms with Crippen LogP contribution < -0.4 is 5.32 Å². The highest BCUT2D eigenvalue weighted by Gasteiger charge is 2.17. The van der Waals surface area contributed by atoms with Gasteiger partial charge < -0.3 is 15.4 Å². The lowest BCUT2D eigenvalue weighted by Gasteiger charge is -2.12. The molecular weight excluding hydrogens is 302 g/mol. The van der Waals surface area contributed by atoms with E-state index in [9.17, 15) is 18.7 Å². The van der Waals surface area contributed by atoms with Gasteiger partial charge >= 0.3 is 0 Å². The van der Waals surface area contributed by atoms with Gasteiger partial charge in [0.2, 0.25) is 0 Å². The molecule has 2 aromatic carbocycles. The second-order valence-corrected chi connectivity index (χ2v) is 5.11. The first-order chi connectivity index (χ1) is 11.1. The van der Waals surface area contributed by atoms with E-state index < -0.39 is 23.6 Å². The molecule has 3 aromatic rings. The van der Waals surface area contributed by atoms with Crippen LogP contribution >= 0.6 is 0 Å². The van der Waals surface area contributed by atoms with Gasteiger partial charge in [-0.1, -0.05) is 24.3 Å². The normalized spacial score (nSPS) is 12.3. The van der Waals surface area contributed by atoms with E-state index >= 15 is 0 Å². The predicted molar refractivity (Wildman–Crippen MR) is 81.9 cm³/mol. The molecule has 118 valence electrons. The van der Waals surface area contributed by atoms with E-state index in [0.717, 1.165) is 0 Å². The largest absolute Gasteiger partial charge is 0.386 e. The highest BCUT2D eigenvalue weighted by molar-refractivity contribution is 6.06. The van der Waals surface area contributed by atoms with E-state index in [2.05, 4.69) is 10.3 Å². The lowest BCUT2D eigenvalue weighted by molar-refractivity contribution is 0.0915. The number of nitrogens with one attached hydrogen (secondary N) is 2. The third-order valence-electron chi connectivity index (χ3n) is 3.62. The van der Waals surface area contributed by atoms with E-state index in [0.29, 0.717) is 5.52 Å². The third-order valence-corrected chi connectivity index (χ3v) is 3.62. The number of aliphatic hydroxyl groups excluding tert-OH is 1. The monoisotopic (exact) mass is 316 g/mol. The molecule has 1 atom stereocenters. The van der Waals surface area contributed by atoms with Crippen LogP contribution in [0.5, 0.6) is 0 Å². The standard InChI is InChI=1S/C17H14F2N2O2/c18-12-5-2-1-4-10(12)15(22)9-21-17(23)11-8-20-14-7-3-6-13(19)16(11)14/h1-8,15,20,22H,9H2,(H,21,23). The Hall–Kier alpha value is -2.73. The molecule has 1 heterocycles. The summed E-state index contributed by atoms with van der Waals surface area (Å²) in [5, 5.41) is 12.7. The van der Waals surface area contributed by atoms with E-state index in [-0.39, 0.29) is 23.1 Å². The molecule has 0 aliphatic rings. The van der Waals surface area contributed by atoms with Gasteiger partial charge in [-0.05, 0) is 18.2 Å². The molecule has 0 radical (unpaired) electrons. The van der Waals surface area contributed by atoms with Crippen molar-refractivity contribution in [3.63, 3.8) is 0 Å². The molecular formula is C17H14F2N2O2. The van der Waals surface area contributed by atoms with Gasteiger partial charge in [-0.2, -0.15) is 0 Å². The molecule has 0 fully saturated rings. The molecule has 0 aliphatic heterocycles. The number of carbonyl (C=O) groups excluding carboxylic acids is 1. The topological polar surface area (TPSA) is 65.1 Å². The van der Waals surface area contributed by atoms with Crippen molar-refractivity contribution in [3.05, 3.63) is 71.4 Å². The molecule has 0 spiro atoms. The van der Waals surface area contributed by atoms with Gasteiger partial charge in [0, 0.05) is 29.2 Å². The first-order valence-electron chi connectivity index (χ1n) is 7.04. The molecule has 6 heteroatoms. The van der Waals surface area contributed by atoms with Crippen molar-refractivity contribution < 1.29 is 18.7 Å². The van der Waals surface area contributed by atoms with E-state index in [1.165, 1.54) is 36.5 Å². The van der Waals surface area contributed by atoms with Gasteiger partial charge in [0.1, 0.15) is 11.6 Å². The Labute approximate surface area is 130 Å². The maximum absolute atomic E-state index is 13.9. The molecule has 0 saturated heterocycles. The molecule has 1 unspecified atom stereocenters. The lowest BCUT2D eigenvalue weighted by Crippen LogP contribution is -2.28. The number of aliphatic hydroxyl groups is 1. The Bertz CT molecular complexity index is 861. The van der Waals surface area contributed by atoms with Crippen molar-refractivity contribution in [2.45, 2.75) is 6.10 Å². The second kappa shape index (κ2) is 6.18. The SMILES string of the molecule is O=C(NCC(O)c1ccccc1F)c1c[nH]c2cccc(F)c12. The van der Waals surface area contributed by atoms with Crippen LogP contribution in [-0.4, -0.2) is 22.5 Å². The van der Waals surface area contributed by atoms with Crippen LogP contribution in [0, 0.1) is 11.6 Å². The van der Waals surface area contributed by atoms with Crippen molar-refractivity contribution in [3.8, 4) is 0 Å². The summed E-state index contributed by atoms with van der Waals surface area (Å²) >= 11 is 0. The van der Waals surface area contributed by atoms with Crippen molar-refractivity contribution in [2.75, 3.05) is 6.54 Å². The van der Waals surface area contributed by atoms with Gasteiger partial charge in [-0.15, -0.1) is 0 Å². The van der Waals surface area contributed by atoms with Crippen LogP contribution in [-0.2, 0) is 0 Å². The van der Waals surface area contributed by atoms with E-state index in [4.69, 9.17) is 0 Å². The number of aromatic nitrogens is 1. The fraction of sp³-hybridized carbons (Fsp3) is 0.118. The molecule has 3 N–H and O–H groups in total. The zero-order valence-corrected chi connectivity index (χ0v) is 12.0. The Morgan fingerprint density at radius 1 is 1.13 bits per heavy atom. The van der Waals surface area contributed by atoms with Gasteiger partial charge in [-0.3, -0.25) is 4.79 Å². The number of H-pyrrole nitrogens is 1. The highest BCUT2D eigenvalue weighted by atomic mass is 19.1. The summed E-state index contributed by atoms with van der Waals surface area (Å²) in [6.07, 6.45) is 0.216. The summed E-state index contributed by atoms with van der Waals surface area (Å²) in [4.78, 5) is 15.0. The number of amides is 1.